The fraction of sp³-hybridized carbons (Fsp3) is 0.316. The number of fused-ring (bicyclic) bond motifs is 2. The minimum atomic E-state index is -0.666. The summed E-state index contributed by atoms with van der Waals surface area (Å²) in [7, 11) is 0. The number of benzene rings is 1. The summed E-state index contributed by atoms with van der Waals surface area (Å²) in [5, 5.41) is 2.94. The number of amides is 2. The molecule has 1 spiro atoms. The molecule has 2 aliphatic rings. The first kappa shape index (κ1) is 15.6. The maximum absolute atomic E-state index is 13.0. The molecule has 6 nitrogen and oxygen atoms in total. The molecule has 2 N–H and O–H groups in total. The summed E-state index contributed by atoms with van der Waals surface area (Å²) >= 11 is 0. The number of para-hydroxylation sites is 1. The molecule has 1 fully saturated rings. The van der Waals surface area contributed by atoms with Crippen LogP contribution in [0.3, 0.4) is 0 Å². The van der Waals surface area contributed by atoms with Gasteiger partial charge in [0.15, 0.2) is 0 Å². The number of aromatic nitrogens is 1. The highest BCUT2D eigenvalue weighted by Crippen LogP contribution is 2.44. The fourth-order valence-electron chi connectivity index (χ4n) is 3.93. The van der Waals surface area contributed by atoms with Crippen molar-refractivity contribution < 1.29 is 9.59 Å². The van der Waals surface area contributed by atoms with Gasteiger partial charge >= 0.3 is 0 Å². The van der Waals surface area contributed by atoms with Crippen LogP contribution in [0.25, 0.3) is 0 Å². The van der Waals surface area contributed by atoms with Crippen molar-refractivity contribution in [2.24, 2.45) is 0 Å². The summed E-state index contributed by atoms with van der Waals surface area (Å²) in [4.78, 5) is 41.5. The summed E-state index contributed by atoms with van der Waals surface area (Å²) in [5.41, 5.74) is 2.06. The van der Waals surface area contributed by atoms with Gasteiger partial charge in [-0.2, -0.15) is 0 Å². The number of hydrogen-bond acceptors (Lipinski definition) is 3. The Bertz CT molecular complexity index is 934. The SMILES string of the molecule is CCc1[nH]c(=O)ccc1C(=O)N1CCC2(C1)C(=O)Nc1ccccc12. The average Bonchev–Trinajstić information content (AvgIpc) is 3.18. The minimum Gasteiger partial charge on any atom is -0.337 e. The number of hydrogen-bond donors (Lipinski definition) is 2. The van der Waals surface area contributed by atoms with E-state index in [9.17, 15) is 14.4 Å². The van der Waals surface area contributed by atoms with Crippen LogP contribution in [0.15, 0.2) is 41.2 Å². The number of rotatable bonds is 2. The van der Waals surface area contributed by atoms with Gasteiger partial charge in [0.05, 0.1) is 11.0 Å². The largest absolute Gasteiger partial charge is 0.337 e. The number of pyridine rings is 1. The molecule has 6 heteroatoms. The standard InChI is InChI=1S/C19H19N3O3/c1-2-14-12(7-8-16(23)20-14)17(24)22-10-9-19(11-22)13-5-3-4-6-15(13)21-18(19)25/h3-8H,2,9-11H2,1H3,(H,20,23)(H,21,25). The van der Waals surface area contributed by atoms with Crippen molar-refractivity contribution in [3.63, 3.8) is 0 Å². The first-order valence-electron chi connectivity index (χ1n) is 8.47. The van der Waals surface area contributed by atoms with E-state index in [4.69, 9.17) is 0 Å². The van der Waals surface area contributed by atoms with E-state index in [1.165, 1.54) is 6.07 Å². The fourth-order valence-corrected chi connectivity index (χ4v) is 3.93. The lowest BCUT2D eigenvalue weighted by atomic mass is 9.81. The second-order valence-electron chi connectivity index (χ2n) is 6.63. The number of anilines is 1. The Balaban J connectivity index is 1.66. The number of carbonyl (C=O) groups excluding carboxylic acids is 2. The van der Waals surface area contributed by atoms with Crippen molar-refractivity contribution in [2.45, 2.75) is 25.2 Å². The molecule has 1 unspecified atom stereocenters. The highest BCUT2D eigenvalue weighted by molar-refractivity contribution is 6.07. The molecule has 1 aromatic heterocycles. The molecule has 0 radical (unpaired) electrons. The van der Waals surface area contributed by atoms with Crippen LogP contribution in [-0.4, -0.2) is 34.8 Å². The Kier molecular flexibility index (Phi) is 3.49. The molecule has 4 rings (SSSR count). The third-order valence-electron chi connectivity index (χ3n) is 5.27. The second kappa shape index (κ2) is 5.58. The van der Waals surface area contributed by atoms with Crippen molar-refractivity contribution in [1.29, 1.82) is 0 Å². The average molecular weight is 337 g/mol. The normalized spacial score (nSPS) is 21.5. The molecule has 1 saturated heterocycles. The molecule has 0 aliphatic carbocycles. The molecule has 2 amide bonds. The van der Waals surface area contributed by atoms with E-state index in [0.29, 0.717) is 37.2 Å². The zero-order valence-electron chi connectivity index (χ0n) is 14.0. The van der Waals surface area contributed by atoms with Crippen molar-refractivity contribution in [3.8, 4) is 0 Å². The molecule has 2 aromatic rings. The molecular weight excluding hydrogens is 318 g/mol. The van der Waals surface area contributed by atoms with Gasteiger partial charge in [0.25, 0.3) is 5.91 Å². The van der Waals surface area contributed by atoms with E-state index in [2.05, 4.69) is 10.3 Å². The molecule has 128 valence electrons. The van der Waals surface area contributed by atoms with Gasteiger partial charge in [0, 0.05) is 30.5 Å². The van der Waals surface area contributed by atoms with Gasteiger partial charge in [-0.25, -0.2) is 0 Å². The number of nitrogens with one attached hydrogen (secondary N) is 2. The molecule has 2 aliphatic heterocycles. The van der Waals surface area contributed by atoms with Crippen LogP contribution in [0.1, 0.15) is 35.0 Å². The van der Waals surface area contributed by atoms with Crippen LogP contribution in [0.2, 0.25) is 0 Å². The highest BCUT2D eigenvalue weighted by atomic mass is 16.2. The second-order valence-corrected chi connectivity index (χ2v) is 6.63. The number of carbonyl (C=O) groups is 2. The lowest BCUT2D eigenvalue weighted by Crippen LogP contribution is -2.39. The van der Waals surface area contributed by atoms with Crippen molar-refractivity contribution in [1.82, 2.24) is 9.88 Å². The van der Waals surface area contributed by atoms with E-state index < -0.39 is 5.41 Å². The molecule has 0 saturated carbocycles. The monoisotopic (exact) mass is 337 g/mol. The summed E-state index contributed by atoms with van der Waals surface area (Å²) in [6, 6.07) is 10.6. The van der Waals surface area contributed by atoms with E-state index in [-0.39, 0.29) is 17.4 Å². The zero-order chi connectivity index (χ0) is 17.6. The molecule has 1 aromatic carbocycles. The summed E-state index contributed by atoms with van der Waals surface area (Å²) < 4.78 is 0. The van der Waals surface area contributed by atoms with E-state index in [1.807, 2.05) is 31.2 Å². The lowest BCUT2D eigenvalue weighted by molar-refractivity contribution is -0.120. The van der Waals surface area contributed by atoms with Gasteiger partial charge in [-0.05, 0) is 30.5 Å². The van der Waals surface area contributed by atoms with Crippen LogP contribution in [0.5, 0.6) is 0 Å². The van der Waals surface area contributed by atoms with Crippen molar-refractivity contribution in [3.05, 3.63) is 63.6 Å². The molecule has 1 atom stereocenters. The zero-order valence-corrected chi connectivity index (χ0v) is 14.0. The third kappa shape index (κ3) is 2.28. The predicted octanol–water partition coefficient (Wildman–Crippen LogP) is 1.67. The molecule has 25 heavy (non-hydrogen) atoms. The smallest absolute Gasteiger partial charge is 0.255 e. The third-order valence-corrected chi connectivity index (χ3v) is 5.27. The van der Waals surface area contributed by atoms with Gasteiger partial charge in [0.1, 0.15) is 0 Å². The van der Waals surface area contributed by atoms with Crippen molar-refractivity contribution in [2.75, 3.05) is 18.4 Å². The van der Waals surface area contributed by atoms with E-state index >= 15 is 0 Å². The molecular formula is C19H19N3O3. The molecule has 3 heterocycles. The Morgan fingerprint density at radius 3 is 2.80 bits per heavy atom. The predicted molar refractivity (Wildman–Crippen MR) is 93.7 cm³/mol. The topological polar surface area (TPSA) is 82.3 Å². The summed E-state index contributed by atoms with van der Waals surface area (Å²) in [6.45, 7) is 2.77. The van der Waals surface area contributed by atoms with Gasteiger partial charge < -0.3 is 15.2 Å². The quantitative estimate of drug-likeness (QED) is 0.874. The molecule has 0 bridgehead atoms. The Morgan fingerprint density at radius 1 is 1.20 bits per heavy atom. The first-order valence-corrected chi connectivity index (χ1v) is 8.47. The Hall–Kier alpha value is -2.89. The van der Waals surface area contributed by atoms with Crippen LogP contribution in [0.4, 0.5) is 5.69 Å². The van der Waals surface area contributed by atoms with Crippen LogP contribution >= 0.6 is 0 Å². The maximum atomic E-state index is 13.0. The maximum Gasteiger partial charge on any atom is 0.255 e. The number of aryl methyl sites for hydroxylation is 1. The summed E-state index contributed by atoms with van der Waals surface area (Å²) in [6.07, 6.45) is 1.17. The van der Waals surface area contributed by atoms with Crippen LogP contribution in [-0.2, 0) is 16.6 Å². The minimum absolute atomic E-state index is 0.0406. The van der Waals surface area contributed by atoms with Gasteiger partial charge in [0.2, 0.25) is 11.5 Å². The number of aromatic amines is 1. The lowest BCUT2D eigenvalue weighted by Gasteiger charge is -2.23. The van der Waals surface area contributed by atoms with E-state index in [1.54, 1.807) is 11.0 Å². The van der Waals surface area contributed by atoms with Gasteiger partial charge in [-0.1, -0.05) is 25.1 Å². The Morgan fingerprint density at radius 2 is 2.00 bits per heavy atom. The Labute approximate surface area is 144 Å². The van der Waals surface area contributed by atoms with Crippen molar-refractivity contribution >= 4 is 17.5 Å². The highest BCUT2D eigenvalue weighted by Gasteiger charge is 2.52. The number of likely N-dealkylation sites (tertiary alicyclic amines) is 1. The number of H-pyrrole nitrogens is 1. The van der Waals surface area contributed by atoms with Crippen LogP contribution in [0, 0.1) is 0 Å². The van der Waals surface area contributed by atoms with Crippen LogP contribution < -0.4 is 10.9 Å². The van der Waals surface area contributed by atoms with Gasteiger partial charge in [-0.3, -0.25) is 14.4 Å². The van der Waals surface area contributed by atoms with Gasteiger partial charge in [-0.15, -0.1) is 0 Å². The number of nitrogens with zero attached hydrogens (tertiary/aromatic N) is 1. The summed E-state index contributed by atoms with van der Waals surface area (Å²) in [5.74, 6) is -0.177. The van der Waals surface area contributed by atoms with E-state index in [0.717, 1.165) is 11.3 Å². The first-order chi connectivity index (χ1) is 12.0.